The van der Waals surface area contributed by atoms with Crippen LogP contribution in [0.15, 0.2) is 34.9 Å². The fourth-order valence-electron chi connectivity index (χ4n) is 3.27. The van der Waals surface area contributed by atoms with E-state index in [4.69, 9.17) is 5.11 Å². The van der Waals surface area contributed by atoms with Gasteiger partial charge in [-0.05, 0) is 44.2 Å². The van der Waals surface area contributed by atoms with Crippen LogP contribution in [0.1, 0.15) is 12.8 Å². The number of rotatable bonds is 4. The minimum absolute atomic E-state index is 0.108. The highest BCUT2D eigenvalue weighted by molar-refractivity contribution is 9.10. The summed E-state index contributed by atoms with van der Waals surface area (Å²) in [4.78, 5) is 19.6. The molecule has 3 rings (SSSR count). The van der Waals surface area contributed by atoms with Gasteiger partial charge in [0.15, 0.2) is 0 Å². The molecule has 2 heterocycles. The Kier molecular flexibility index (Phi) is 4.82. The van der Waals surface area contributed by atoms with E-state index in [2.05, 4.69) is 37.9 Å². The number of carboxylic acids is 1. The van der Waals surface area contributed by atoms with E-state index in [9.17, 15) is 4.79 Å². The van der Waals surface area contributed by atoms with Crippen molar-refractivity contribution in [2.45, 2.75) is 18.9 Å². The molecule has 2 aromatic rings. The third-order valence-electron chi connectivity index (χ3n) is 4.49. The number of hydrogen-bond donors (Lipinski definition) is 1. The van der Waals surface area contributed by atoms with Gasteiger partial charge in [-0.1, -0.05) is 15.9 Å². The Hall–Kier alpha value is -1.66. The largest absolute Gasteiger partial charge is 0.480 e. The van der Waals surface area contributed by atoms with Crippen LogP contribution in [0.25, 0.3) is 10.9 Å². The highest BCUT2D eigenvalue weighted by atomic mass is 79.9. The molecule has 0 radical (unpaired) electrons. The second-order valence-electron chi connectivity index (χ2n) is 6.02. The summed E-state index contributed by atoms with van der Waals surface area (Å²) >= 11 is 3.49. The molecule has 0 atom stereocenters. The van der Waals surface area contributed by atoms with Crippen LogP contribution in [-0.2, 0) is 4.79 Å². The van der Waals surface area contributed by atoms with Crippen molar-refractivity contribution >= 4 is 38.5 Å². The molecule has 0 amide bonds. The topological polar surface area (TPSA) is 56.7 Å². The molecular formula is C17H20BrN3O2. The fourth-order valence-corrected chi connectivity index (χ4v) is 3.62. The number of hydrogen-bond acceptors (Lipinski definition) is 4. The van der Waals surface area contributed by atoms with Crippen molar-refractivity contribution in [3.05, 3.63) is 34.9 Å². The van der Waals surface area contributed by atoms with Crippen LogP contribution in [0.5, 0.6) is 0 Å². The number of fused-ring (bicyclic) bond motifs is 1. The summed E-state index contributed by atoms with van der Waals surface area (Å²) in [5.74, 6) is -0.763. The van der Waals surface area contributed by atoms with Crippen LogP contribution in [0.3, 0.4) is 0 Å². The minimum Gasteiger partial charge on any atom is -0.480 e. The minimum atomic E-state index is -0.763. The predicted octanol–water partition coefficient (Wildman–Crippen LogP) is 2.98. The number of carboxylic acid groups (broad SMARTS) is 1. The van der Waals surface area contributed by atoms with E-state index in [0.29, 0.717) is 6.04 Å². The molecule has 1 aromatic carbocycles. The second kappa shape index (κ2) is 6.84. The number of anilines is 1. The van der Waals surface area contributed by atoms with Gasteiger partial charge in [-0.3, -0.25) is 14.7 Å². The fraction of sp³-hybridized carbons (Fsp3) is 0.412. The molecule has 1 fully saturated rings. The molecule has 23 heavy (non-hydrogen) atoms. The summed E-state index contributed by atoms with van der Waals surface area (Å²) in [5.41, 5.74) is 2.20. The van der Waals surface area contributed by atoms with Gasteiger partial charge in [-0.2, -0.15) is 0 Å². The molecule has 1 N–H and O–H groups in total. The van der Waals surface area contributed by atoms with Crippen molar-refractivity contribution in [1.29, 1.82) is 0 Å². The van der Waals surface area contributed by atoms with Gasteiger partial charge in [-0.25, -0.2) is 0 Å². The molecule has 0 spiro atoms. The SMILES string of the molecule is CN(CC(=O)O)C1CCN(c2ccnc3cc(Br)ccc23)CC1. The number of aliphatic carboxylic acids is 1. The van der Waals surface area contributed by atoms with E-state index in [0.717, 1.165) is 41.3 Å². The molecule has 0 bridgehead atoms. The standard InChI is InChI=1S/C17H20BrN3O2/c1-20(11-17(22)23)13-5-8-21(9-6-13)16-4-7-19-15-10-12(18)2-3-14(15)16/h2-4,7,10,13H,5-6,8-9,11H2,1H3,(H,22,23). The first-order valence-electron chi connectivity index (χ1n) is 7.76. The van der Waals surface area contributed by atoms with E-state index < -0.39 is 5.97 Å². The normalized spacial score (nSPS) is 16.2. The van der Waals surface area contributed by atoms with E-state index >= 15 is 0 Å². The van der Waals surface area contributed by atoms with E-state index in [1.807, 2.05) is 30.3 Å². The molecule has 6 heteroatoms. The van der Waals surface area contributed by atoms with Crippen LogP contribution in [-0.4, -0.2) is 53.7 Å². The lowest BCUT2D eigenvalue weighted by atomic mass is 10.0. The van der Waals surface area contributed by atoms with Gasteiger partial charge in [0, 0.05) is 40.9 Å². The zero-order valence-corrected chi connectivity index (χ0v) is 14.7. The number of piperidine rings is 1. The summed E-state index contributed by atoms with van der Waals surface area (Å²) in [6.07, 6.45) is 3.81. The molecule has 0 saturated carbocycles. The van der Waals surface area contributed by atoms with Gasteiger partial charge in [0.05, 0.1) is 12.1 Å². The lowest BCUT2D eigenvalue weighted by Gasteiger charge is -2.37. The molecule has 1 aliphatic rings. The first kappa shape index (κ1) is 16.2. The Morgan fingerprint density at radius 1 is 1.39 bits per heavy atom. The number of benzene rings is 1. The Labute approximate surface area is 144 Å². The first-order valence-corrected chi connectivity index (χ1v) is 8.55. The maximum atomic E-state index is 10.8. The van der Waals surface area contributed by atoms with Crippen LogP contribution in [0.2, 0.25) is 0 Å². The lowest BCUT2D eigenvalue weighted by Crippen LogP contribution is -2.45. The Morgan fingerprint density at radius 3 is 2.83 bits per heavy atom. The first-order chi connectivity index (χ1) is 11.0. The van der Waals surface area contributed by atoms with Crippen molar-refractivity contribution in [1.82, 2.24) is 9.88 Å². The number of nitrogens with zero attached hydrogens (tertiary/aromatic N) is 3. The molecular weight excluding hydrogens is 358 g/mol. The highest BCUT2D eigenvalue weighted by Gasteiger charge is 2.24. The third kappa shape index (κ3) is 3.64. The van der Waals surface area contributed by atoms with Gasteiger partial charge in [0.2, 0.25) is 0 Å². The Morgan fingerprint density at radius 2 is 2.13 bits per heavy atom. The van der Waals surface area contributed by atoms with Crippen molar-refractivity contribution in [2.75, 3.05) is 31.6 Å². The van der Waals surface area contributed by atoms with Crippen molar-refractivity contribution in [3.8, 4) is 0 Å². The van der Waals surface area contributed by atoms with Gasteiger partial charge < -0.3 is 10.0 Å². The van der Waals surface area contributed by atoms with Crippen LogP contribution < -0.4 is 4.90 Å². The second-order valence-corrected chi connectivity index (χ2v) is 6.93. The van der Waals surface area contributed by atoms with Crippen molar-refractivity contribution in [2.24, 2.45) is 0 Å². The van der Waals surface area contributed by atoms with E-state index in [-0.39, 0.29) is 6.54 Å². The van der Waals surface area contributed by atoms with Gasteiger partial charge in [0.1, 0.15) is 0 Å². The Bertz CT molecular complexity index is 714. The number of halogens is 1. The third-order valence-corrected chi connectivity index (χ3v) is 4.99. The summed E-state index contributed by atoms with van der Waals surface area (Å²) in [7, 11) is 1.90. The quantitative estimate of drug-likeness (QED) is 0.887. The average molecular weight is 378 g/mol. The van der Waals surface area contributed by atoms with Crippen molar-refractivity contribution < 1.29 is 9.90 Å². The zero-order chi connectivity index (χ0) is 16.4. The lowest BCUT2D eigenvalue weighted by molar-refractivity contribution is -0.138. The molecule has 1 aliphatic heterocycles. The number of pyridine rings is 1. The molecule has 1 saturated heterocycles. The Balaban J connectivity index is 1.74. The summed E-state index contributed by atoms with van der Waals surface area (Å²) in [5, 5.41) is 10.1. The van der Waals surface area contributed by atoms with Crippen molar-refractivity contribution in [3.63, 3.8) is 0 Å². The molecule has 0 aliphatic carbocycles. The summed E-state index contributed by atoms with van der Waals surface area (Å²) in [6.45, 7) is 1.98. The summed E-state index contributed by atoms with van der Waals surface area (Å²) in [6, 6.07) is 8.58. The predicted molar refractivity (Wildman–Crippen MR) is 94.9 cm³/mol. The van der Waals surface area contributed by atoms with Gasteiger partial charge in [0.25, 0.3) is 0 Å². The number of carbonyl (C=O) groups is 1. The van der Waals surface area contributed by atoms with E-state index in [1.54, 1.807) is 0 Å². The molecule has 0 unspecified atom stereocenters. The van der Waals surface area contributed by atoms with Crippen LogP contribution in [0, 0.1) is 0 Å². The maximum absolute atomic E-state index is 10.8. The monoisotopic (exact) mass is 377 g/mol. The van der Waals surface area contributed by atoms with E-state index in [1.165, 1.54) is 5.69 Å². The smallest absolute Gasteiger partial charge is 0.317 e. The summed E-state index contributed by atoms with van der Waals surface area (Å²) < 4.78 is 1.03. The number of likely N-dealkylation sites (N-methyl/N-ethyl adjacent to an activating group) is 1. The average Bonchev–Trinajstić information content (AvgIpc) is 2.53. The highest BCUT2D eigenvalue weighted by Crippen LogP contribution is 2.30. The van der Waals surface area contributed by atoms with Gasteiger partial charge >= 0.3 is 5.97 Å². The van der Waals surface area contributed by atoms with Crippen LogP contribution >= 0.6 is 15.9 Å². The maximum Gasteiger partial charge on any atom is 0.317 e. The molecule has 122 valence electrons. The van der Waals surface area contributed by atoms with Gasteiger partial charge in [-0.15, -0.1) is 0 Å². The zero-order valence-electron chi connectivity index (χ0n) is 13.1. The number of aromatic nitrogens is 1. The molecule has 1 aromatic heterocycles. The molecule has 5 nitrogen and oxygen atoms in total. The van der Waals surface area contributed by atoms with Crippen LogP contribution in [0.4, 0.5) is 5.69 Å².